The molecule has 1 aromatic rings. The molecule has 1 aliphatic heterocycles. The van der Waals surface area contributed by atoms with Crippen molar-refractivity contribution in [3.63, 3.8) is 0 Å². The summed E-state index contributed by atoms with van der Waals surface area (Å²) in [6, 6.07) is 3.56. The zero-order chi connectivity index (χ0) is 23.6. The van der Waals surface area contributed by atoms with E-state index in [9.17, 15) is 9.59 Å². The Labute approximate surface area is 189 Å². The maximum absolute atomic E-state index is 13.4. The highest BCUT2D eigenvalue weighted by Crippen LogP contribution is 2.49. The topological polar surface area (TPSA) is 83.1 Å². The minimum Gasteiger partial charge on any atom is -0.493 e. The summed E-state index contributed by atoms with van der Waals surface area (Å²) in [7, 11) is 4.59. The van der Waals surface area contributed by atoms with Crippen LogP contribution in [0.25, 0.3) is 0 Å². The number of methoxy groups -OCH3 is 3. The van der Waals surface area contributed by atoms with Crippen molar-refractivity contribution in [2.24, 2.45) is 5.41 Å². The molecular formula is C25H31NO6. The van der Waals surface area contributed by atoms with Crippen LogP contribution in [-0.4, -0.2) is 39.7 Å². The minimum absolute atomic E-state index is 0.00372. The Kier molecular flexibility index (Phi) is 6.67. The highest BCUT2D eigenvalue weighted by Gasteiger charge is 2.43. The number of ketones is 1. The number of hydrogen-bond donors (Lipinski definition) is 1. The lowest BCUT2D eigenvalue weighted by Gasteiger charge is -2.39. The SMILES string of the molecule is C=CCOC(=O)C1=C(C)NC2=C(C(=O)CC(C)(C)C2)[C@H]1c1cc(OC)c(OC)c(OC)c1. The molecule has 172 valence electrons. The lowest BCUT2D eigenvalue weighted by Crippen LogP contribution is -2.38. The van der Waals surface area contributed by atoms with Gasteiger partial charge in [0.05, 0.1) is 26.9 Å². The van der Waals surface area contributed by atoms with Crippen LogP contribution >= 0.6 is 0 Å². The quantitative estimate of drug-likeness (QED) is 0.505. The Morgan fingerprint density at radius 1 is 1.16 bits per heavy atom. The first-order valence-corrected chi connectivity index (χ1v) is 10.5. The lowest BCUT2D eigenvalue weighted by molar-refractivity contribution is -0.138. The second kappa shape index (κ2) is 9.10. The summed E-state index contributed by atoms with van der Waals surface area (Å²) in [5, 5.41) is 3.32. The molecule has 7 nitrogen and oxygen atoms in total. The fraction of sp³-hybridized carbons (Fsp3) is 0.440. The van der Waals surface area contributed by atoms with Gasteiger partial charge in [-0.3, -0.25) is 4.79 Å². The summed E-state index contributed by atoms with van der Waals surface area (Å²) in [4.78, 5) is 26.5. The first kappa shape index (κ1) is 23.4. The number of carbonyl (C=O) groups excluding carboxylic acids is 2. The fourth-order valence-electron chi connectivity index (χ4n) is 4.52. The van der Waals surface area contributed by atoms with Crippen LogP contribution in [0.4, 0.5) is 0 Å². The van der Waals surface area contributed by atoms with Crippen LogP contribution < -0.4 is 19.5 Å². The molecule has 1 aliphatic carbocycles. The molecule has 0 saturated heterocycles. The molecule has 1 atom stereocenters. The molecule has 1 N–H and O–H groups in total. The zero-order valence-corrected chi connectivity index (χ0v) is 19.6. The number of dihydropyridines is 1. The number of hydrogen-bond acceptors (Lipinski definition) is 7. The van der Waals surface area contributed by atoms with Gasteiger partial charge >= 0.3 is 5.97 Å². The number of nitrogens with one attached hydrogen (secondary N) is 1. The fourth-order valence-corrected chi connectivity index (χ4v) is 4.52. The van der Waals surface area contributed by atoms with Gasteiger partial charge in [0, 0.05) is 29.3 Å². The van der Waals surface area contributed by atoms with E-state index >= 15 is 0 Å². The van der Waals surface area contributed by atoms with Crippen LogP contribution in [0.1, 0.15) is 45.1 Å². The number of benzene rings is 1. The Bertz CT molecular complexity index is 992. The van der Waals surface area contributed by atoms with Crippen molar-refractivity contribution in [3.05, 3.63) is 52.9 Å². The highest BCUT2D eigenvalue weighted by molar-refractivity contribution is 6.04. The van der Waals surface area contributed by atoms with Gasteiger partial charge in [-0.15, -0.1) is 0 Å². The molecule has 1 heterocycles. The van der Waals surface area contributed by atoms with Crippen LogP contribution in [0.5, 0.6) is 17.2 Å². The third-order valence-corrected chi connectivity index (χ3v) is 5.81. The van der Waals surface area contributed by atoms with E-state index in [-0.39, 0.29) is 17.8 Å². The Morgan fingerprint density at radius 2 is 1.78 bits per heavy atom. The summed E-state index contributed by atoms with van der Waals surface area (Å²) in [5.74, 6) is 0.211. The highest BCUT2D eigenvalue weighted by atomic mass is 16.5. The number of allylic oxidation sites excluding steroid dienone is 3. The molecule has 0 bridgehead atoms. The molecule has 2 aliphatic rings. The molecule has 0 spiro atoms. The van der Waals surface area contributed by atoms with Gasteiger partial charge < -0.3 is 24.3 Å². The average Bonchev–Trinajstić information content (AvgIpc) is 2.74. The van der Waals surface area contributed by atoms with Gasteiger partial charge in [-0.05, 0) is 36.5 Å². The van der Waals surface area contributed by atoms with E-state index in [0.717, 1.165) is 5.70 Å². The van der Waals surface area contributed by atoms with Gasteiger partial charge in [0.1, 0.15) is 6.61 Å². The number of Topliss-reactive ketones (excluding diaryl/α,β-unsaturated/α-hetero) is 1. The van der Waals surface area contributed by atoms with Crippen molar-refractivity contribution in [1.82, 2.24) is 5.32 Å². The maximum Gasteiger partial charge on any atom is 0.337 e. The molecule has 3 rings (SSSR count). The first-order valence-electron chi connectivity index (χ1n) is 10.5. The second-order valence-corrected chi connectivity index (χ2v) is 8.78. The Hall–Kier alpha value is -3.22. The number of rotatable bonds is 7. The third kappa shape index (κ3) is 4.24. The van der Waals surface area contributed by atoms with Gasteiger partial charge in [-0.2, -0.15) is 0 Å². The van der Waals surface area contributed by atoms with Crippen molar-refractivity contribution < 1.29 is 28.5 Å². The summed E-state index contributed by atoms with van der Waals surface area (Å²) in [6.45, 7) is 9.65. The predicted molar refractivity (Wildman–Crippen MR) is 121 cm³/mol. The Morgan fingerprint density at radius 3 is 2.31 bits per heavy atom. The average molecular weight is 442 g/mol. The molecule has 0 radical (unpaired) electrons. The molecule has 0 aromatic heterocycles. The normalized spacial score (nSPS) is 19.7. The summed E-state index contributed by atoms with van der Waals surface area (Å²) in [5.41, 5.74) is 2.96. The van der Waals surface area contributed by atoms with E-state index in [4.69, 9.17) is 18.9 Å². The zero-order valence-electron chi connectivity index (χ0n) is 19.6. The standard InChI is InChI=1S/C25H31NO6/c1-8-9-32-24(28)20-14(2)26-16-12-25(3,4)13-17(27)22(16)21(20)15-10-18(29-5)23(31-7)19(11-15)30-6/h8,10-11,21,26H,1,9,12-13H2,2-7H3/t21-/m0/s1. The summed E-state index contributed by atoms with van der Waals surface area (Å²) < 4.78 is 21.9. The summed E-state index contributed by atoms with van der Waals surface area (Å²) >= 11 is 0. The number of ether oxygens (including phenoxy) is 4. The van der Waals surface area contributed by atoms with Gasteiger partial charge in [0.25, 0.3) is 0 Å². The van der Waals surface area contributed by atoms with Crippen molar-refractivity contribution in [2.75, 3.05) is 27.9 Å². The van der Waals surface area contributed by atoms with E-state index in [1.165, 1.54) is 27.4 Å². The van der Waals surface area contributed by atoms with E-state index in [1.807, 2.05) is 6.92 Å². The largest absolute Gasteiger partial charge is 0.493 e. The monoisotopic (exact) mass is 441 g/mol. The second-order valence-electron chi connectivity index (χ2n) is 8.78. The van der Waals surface area contributed by atoms with Crippen LogP contribution in [0.3, 0.4) is 0 Å². The first-order chi connectivity index (χ1) is 15.2. The molecular weight excluding hydrogens is 410 g/mol. The molecule has 32 heavy (non-hydrogen) atoms. The van der Waals surface area contributed by atoms with Crippen molar-refractivity contribution >= 4 is 11.8 Å². The van der Waals surface area contributed by atoms with Gasteiger partial charge in [0.2, 0.25) is 5.75 Å². The maximum atomic E-state index is 13.4. The van der Waals surface area contributed by atoms with E-state index < -0.39 is 11.9 Å². The van der Waals surface area contributed by atoms with Crippen molar-refractivity contribution in [1.29, 1.82) is 0 Å². The van der Waals surface area contributed by atoms with Gasteiger partial charge in [-0.1, -0.05) is 26.5 Å². The van der Waals surface area contributed by atoms with Gasteiger partial charge in [0.15, 0.2) is 17.3 Å². The van der Waals surface area contributed by atoms with E-state index in [0.29, 0.717) is 52.5 Å². The predicted octanol–water partition coefficient (Wildman–Crippen LogP) is 4.05. The Balaban J connectivity index is 2.26. The smallest absolute Gasteiger partial charge is 0.337 e. The molecule has 0 unspecified atom stereocenters. The molecule has 7 heteroatoms. The number of esters is 1. The van der Waals surface area contributed by atoms with Crippen LogP contribution in [0.2, 0.25) is 0 Å². The van der Waals surface area contributed by atoms with E-state index in [2.05, 4.69) is 25.7 Å². The summed E-state index contributed by atoms with van der Waals surface area (Å²) in [6.07, 6.45) is 2.60. The molecule has 1 aromatic carbocycles. The van der Waals surface area contributed by atoms with Crippen LogP contribution in [-0.2, 0) is 14.3 Å². The van der Waals surface area contributed by atoms with Crippen molar-refractivity contribution in [2.45, 2.75) is 39.5 Å². The molecule has 0 amide bonds. The van der Waals surface area contributed by atoms with Gasteiger partial charge in [-0.25, -0.2) is 4.79 Å². The van der Waals surface area contributed by atoms with E-state index in [1.54, 1.807) is 12.1 Å². The molecule has 0 saturated carbocycles. The number of carbonyl (C=O) groups is 2. The molecule has 0 fully saturated rings. The van der Waals surface area contributed by atoms with Crippen LogP contribution in [0, 0.1) is 5.41 Å². The third-order valence-electron chi connectivity index (χ3n) is 5.81. The lowest BCUT2D eigenvalue weighted by atomic mass is 9.68. The van der Waals surface area contributed by atoms with Crippen molar-refractivity contribution in [3.8, 4) is 17.2 Å². The van der Waals surface area contributed by atoms with Crippen LogP contribution in [0.15, 0.2) is 47.3 Å². The minimum atomic E-state index is -0.624.